The van der Waals surface area contributed by atoms with Crippen molar-refractivity contribution >= 4 is 31.9 Å². The van der Waals surface area contributed by atoms with E-state index in [2.05, 4.69) is 89.9 Å². The molecule has 2 aromatic carbocycles. The standard InChI is InChI=1S/C17H18Br2/c1-10-5-12(3)16(13(4)6-10)17(19)14-7-11(2)8-15(18)9-14/h5-9,17H,1-4H3. The van der Waals surface area contributed by atoms with E-state index in [1.807, 2.05) is 0 Å². The van der Waals surface area contributed by atoms with E-state index in [4.69, 9.17) is 0 Å². The van der Waals surface area contributed by atoms with Gasteiger partial charge in [0.25, 0.3) is 0 Å². The molecule has 1 unspecified atom stereocenters. The van der Waals surface area contributed by atoms with E-state index >= 15 is 0 Å². The molecule has 0 saturated carbocycles. The maximum absolute atomic E-state index is 3.87. The molecule has 0 aliphatic rings. The van der Waals surface area contributed by atoms with E-state index in [9.17, 15) is 0 Å². The van der Waals surface area contributed by atoms with Crippen LogP contribution in [0.1, 0.15) is 38.2 Å². The summed E-state index contributed by atoms with van der Waals surface area (Å²) in [5.74, 6) is 0. The second kappa shape index (κ2) is 5.80. The molecule has 0 aliphatic carbocycles. The van der Waals surface area contributed by atoms with Crippen LogP contribution in [0.4, 0.5) is 0 Å². The molecule has 2 heteroatoms. The highest BCUT2D eigenvalue weighted by Gasteiger charge is 2.16. The van der Waals surface area contributed by atoms with E-state index in [-0.39, 0.29) is 4.83 Å². The molecule has 0 aliphatic heterocycles. The molecule has 0 aromatic heterocycles. The summed E-state index contributed by atoms with van der Waals surface area (Å²) in [4.78, 5) is 0.240. The van der Waals surface area contributed by atoms with Crippen molar-refractivity contribution in [3.63, 3.8) is 0 Å². The monoisotopic (exact) mass is 380 g/mol. The zero-order chi connectivity index (χ0) is 14.2. The number of halogens is 2. The third-order valence-corrected chi connectivity index (χ3v) is 4.79. The molecule has 0 amide bonds. The third kappa shape index (κ3) is 3.29. The van der Waals surface area contributed by atoms with Gasteiger partial charge in [0, 0.05) is 4.47 Å². The van der Waals surface area contributed by atoms with E-state index in [0.29, 0.717) is 0 Å². The zero-order valence-corrected chi connectivity index (χ0v) is 14.9. The van der Waals surface area contributed by atoms with Gasteiger partial charge in [-0.3, -0.25) is 0 Å². The smallest absolute Gasteiger partial charge is 0.0650 e. The third-order valence-electron chi connectivity index (χ3n) is 3.35. The minimum absolute atomic E-state index is 0.240. The number of rotatable bonds is 2. The van der Waals surface area contributed by atoms with Gasteiger partial charge in [-0.05, 0) is 67.6 Å². The van der Waals surface area contributed by atoms with Gasteiger partial charge in [0.2, 0.25) is 0 Å². The Morgan fingerprint density at radius 2 is 1.32 bits per heavy atom. The van der Waals surface area contributed by atoms with Crippen LogP contribution in [-0.2, 0) is 0 Å². The first kappa shape index (κ1) is 14.8. The Kier molecular flexibility index (Phi) is 4.52. The highest BCUT2D eigenvalue weighted by molar-refractivity contribution is 9.10. The molecule has 0 fully saturated rings. The van der Waals surface area contributed by atoms with Crippen LogP contribution in [0, 0.1) is 27.7 Å². The number of hydrogen-bond donors (Lipinski definition) is 0. The minimum Gasteiger partial charge on any atom is -0.0786 e. The van der Waals surface area contributed by atoms with Crippen LogP contribution in [0.15, 0.2) is 34.8 Å². The van der Waals surface area contributed by atoms with Crippen molar-refractivity contribution in [2.75, 3.05) is 0 Å². The highest BCUT2D eigenvalue weighted by atomic mass is 79.9. The maximum atomic E-state index is 3.87. The average molecular weight is 382 g/mol. The van der Waals surface area contributed by atoms with Crippen molar-refractivity contribution in [3.8, 4) is 0 Å². The predicted octanol–water partition coefficient (Wildman–Crippen LogP) is 6.17. The van der Waals surface area contributed by atoms with E-state index < -0.39 is 0 Å². The van der Waals surface area contributed by atoms with E-state index in [1.54, 1.807) is 0 Å². The molecule has 2 rings (SSSR count). The van der Waals surface area contributed by atoms with E-state index in [1.165, 1.54) is 33.4 Å². The van der Waals surface area contributed by atoms with Gasteiger partial charge < -0.3 is 0 Å². The van der Waals surface area contributed by atoms with Crippen molar-refractivity contribution in [1.29, 1.82) is 0 Å². The summed E-state index contributed by atoms with van der Waals surface area (Å²) < 4.78 is 1.13. The molecule has 0 bridgehead atoms. The molecule has 19 heavy (non-hydrogen) atoms. The van der Waals surface area contributed by atoms with Gasteiger partial charge in [0.05, 0.1) is 4.83 Å². The summed E-state index contributed by atoms with van der Waals surface area (Å²) in [7, 11) is 0. The summed E-state index contributed by atoms with van der Waals surface area (Å²) in [6, 6.07) is 11.1. The minimum atomic E-state index is 0.240. The van der Waals surface area contributed by atoms with Gasteiger partial charge in [0.1, 0.15) is 0 Å². The lowest BCUT2D eigenvalue weighted by molar-refractivity contribution is 1.09. The quantitative estimate of drug-likeness (QED) is 0.546. The van der Waals surface area contributed by atoms with Crippen LogP contribution in [0.5, 0.6) is 0 Å². The summed E-state index contributed by atoms with van der Waals surface area (Å²) >= 11 is 7.45. The number of hydrogen-bond acceptors (Lipinski definition) is 0. The van der Waals surface area contributed by atoms with Gasteiger partial charge in [-0.25, -0.2) is 0 Å². The van der Waals surface area contributed by atoms with Crippen molar-refractivity contribution in [2.24, 2.45) is 0 Å². The highest BCUT2D eigenvalue weighted by Crippen LogP contribution is 2.36. The van der Waals surface area contributed by atoms with Crippen LogP contribution >= 0.6 is 31.9 Å². The van der Waals surface area contributed by atoms with Gasteiger partial charge in [-0.15, -0.1) is 0 Å². The lowest BCUT2D eigenvalue weighted by Crippen LogP contribution is -2.00. The second-order valence-corrected chi connectivity index (χ2v) is 7.07. The Bertz CT molecular complexity index is 571. The molecule has 0 N–H and O–H groups in total. The van der Waals surface area contributed by atoms with Crippen LogP contribution in [0.2, 0.25) is 0 Å². The Labute approximate surface area is 132 Å². The Morgan fingerprint density at radius 1 is 0.789 bits per heavy atom. The maximum Gasteiger partial charge on any atom is 0.0650 e. The van der Waals surface area contributed by atoms with Crippen LogP contribution in [0.3, 0.4) is 0 Å². The van der Waals surface area contributed by atoms with Gasteiger partial charge in [0.15, 0.2) is 0 Å². The molecule has 2 aromatic rings. The van der Waals surface area contributed by atoms with Crippen LogP contribution in [0.25, 0.3) is 0 Å². The number of aryl methyl sites for hydroxylation is 4. The first-order chi connectivity index (χ1) is 8.88. The Balaban J connectivity index is 2.52. The lowest BCUT2D eigenvalue weighted by Gasteiger charge is -2.18. The molecule has 0 saturated heterocycles. The lowest BCUT2D eigenvalue weighted by atomic mass is 9.93. The fourth-order valence-electron chi connectivity index (χ4n) is 2.67. The topological polar surface area (TPSA) is 0 Å². The molecule has 0 heterocycles. The first-order valence-corrected chi connectivity index (χ1v) is 8.08. The Hall–Kier alpha value is -0.600. The summed E-state index contributed by atoms with van der Waals surface area (Å²) in [5.41, 5.74) is 7.96. The predicted molar refractivity (Wildman–Crippen MR) is 90.3 cm³/mol. The SMILES string of the molecule is Cc1cc(Br)cc(C(Br)c2c(C)cc(C)cc2C)c1. The second-order valence-electron chi connectivity index (χ2n) is 5.24. The normalized spacial score (nSPS) is 12.5. The van der Waals surface area contributed by atoms with Crippen molar-refractivity contribution in [3.05, 3.63) is 68.2 Å². The van der Waals surface area contributed by atoms with Crippen LogP contribution in [-0.4, -0.2) is 0 Å². The first-order valence-electron chi connectivity index (χ1n) is 6.37. The molecular weight excluding hydrogens is 364 g/mol. The molecule has 0 spiro atoms. The van der Waals surface area contributed by atoms with Gasteiger partial charge in [-0.2, -0.15) is 0 Å². The van der Waals surface area contributed by atoms with E-state index in [0.717, 1.165) is 4.47 Å². The molecular formula is C17H18Br2. The fourth-order valence-corrected chi connectivity index (χ4v) is 4.28. The zero-order valence-electron chi connectivity index (χ0n) is 11.7. The summed E-state index contributed by atoms with van der Waals surface area (Å²) in [6.07, 6.45) is 0. The van der Waals surface area contributed by atoms with Crippen LogP contribution < -0.4 is 0 Å². The van der Waals surface area contributed by atoms with Crippen molar-refractivity contribution < 1.29 is 0 Å². The number of alkyl halides is 1. The fraction of sp³-hybridized carbons (Fsp3) is 0.294. The molecule has 0 radical (unpaired) electrons. The summed E-state index contributed by atoms with van der Waals surface area (Å²) in [5, 5.41) is 0. The van der Waals surface area contributed by atoms with Crippen molar-refractivity contribution in [1.82, 2.24) is 0 Å². The van der Waals surface area contributed by atoms with Gasteiger partial charge in [-0.1, -0.05) is 55.6 Å². The average Bonchev–Trinajstić information content (AvgIpc) is 2.25. The van der Waals surface area contributed by atoms with Gasteiger partial charge >= 0.3 is 0 Å². The summed E-state index contributed by atoms with van der Waals surface area (Å²) in [6.45, 7) is 8.65. The van der Waals surface area contributed by atoms with Crippen molar-refractivity contribution in [2.45, 2.75) is 32.5 Å². The molecule has 1 atom stereocenters. The number of benzene rings is 2. The molecule has 100 valence electrons. The largest absolute Gasteiger partial charge is 0.0786 e. The Morgan fingerprint density at radius 3 is 1.84 bits per heavy atom. The molecule has 0 nitrogen and oxygen atoms in total.